The van der Waals surface area contributed by atoms with Gasteiger partial charge in [-0.3, -0.25) is 4.79 Å². The van der Waals surface area contributed by atoms with Gasteiger partial charge < -0.3 is 9.52 Å². The number of aryl methyl sites for hydroxylation is 1. The van der Waals surface area contributed by atoms with Crippen molar-refractivity contribution in [3.63, 3.8) is 0 Å². The van der Waals surface area contributed by atoms with Crippen LogP contribution in [0.2, 0.25) is 0 Å². The first-order chi connectivity index (χ1) is 9.54. The zero-order chi connectivity index (χ0) is 13.9. The summed E-state index contributed by atoms with van der Waals surface area (Å²) in [7, 11) is 0. The van der Waals surface area contributed by atoms with Crippen molar-refractivity contribution in [1.29, 1.82) is 0 Å². The lowest BCUT2D eigenvalue weighted by Crippen LogP contribution is -2.49. The lowest BCUT2D eigenvalue weighted by atomic mass is 9.48. The van der Waals surface area contributed by atoms with E-state index in [-0.39, 0.29) is 11.8 Å². The zero-order valence-corrected chi connectivity index (χ0v) is 11.9. The summed E-state index contributed by atoms with van der Waals surface area (Å²) in [6.45, 7) is 1.83. The number of nitrogens with zero attached hydrogens (tertiary/aromatic N) is 1. The van der Waals surface area contributed by atoms with E-state index in [1.54, 1.807) is 0 Å². The smallest absolute Gasteiger partial charge is 0.311 e. The van der Waals surface area contributed by atoms with Gasteiger partial charge in [0.15, 0.2) is 5.89 Å². The van der Waals surface area contributed by atoms with Crippen molar-refractivity contribution in [3.05, 3.63) is 17.3 Å². The summed E-state index contributed by atoms with van der Waals surface area (Å²) in [5.74, 6) is 2.89. The van der Waals surface area contributed by atoms with Crippen LogP contribution in [0.15, 0.2) is 4.42 Å². The maximum absolute atomic E-state index is 11.1. The van der Waals surface area contributed by atoms with Gasteiger partial charge in [-0.1, -0.05) is 0 Å². The van der Waals surface area contributed by atoms with Crippen molar-refractivity contribution in [2.45, 2.75) is 57.3 Å². The fourth-order valence-corrected chi connectivity index (χ4v) is 5.54. The van der Waals surface area contributed by atoms with Crippen LogP contribution in [-0.2, 0) is 16.6 Å². The van der Waals surface area contributed by atoms with Crippen molar-refractivity contribution < 1.29 is 14.3 Å². The minimum Gasteiger partial charge on any atom is -0.481 e. The number of hydrogen-bond donors (Lipinski definition) is 1. The Morgan fingerprint density at radius 3 is 2.30 bits per heavy atom. The highest BCUT2D eigenvalue weighted by molar-refractivity contribution is 5.69. The summed E-state index contributed by atoms with van der Waals surface area (Å²) < 4.78 is 5.62. The minimum absolute atomic E-state index is 0.0298. The third-order valence-electron chi connectivity index (χ3n) is 5.66. The van der Waals surface area contributed by atoms with Crippen molar-refractivity contribution in [2.24, 2.45) is 17.8 Å². The van der Waals surface area contributed by atoms with E-state index in [1.165, 1.54) is 38.5 Å². The van der Waals surface area contributed by atoms with E-state index in [4.69, 9.17) is 9.52 Å². The quantitative estimate of drug-likeness (QED) is 0.920. The van der Waals surface area contributed by atoms with Crippen LogP contribution in [0.1, 0.15) is 55.9 Å². The van der Waals surface area contributed by atoms with Crippen LogP contribution < -0.4 is 0 Å². The van der Waals surface area contributed by atoms with E-state index in [2.05, 4.69) is 4.98 Å². The molecule has 1 heterocycles. The molecule has 5 rings (SSSR count). The summed E-state index contributed by atoms with van der Waals surface area (Å²) in [6.07, 6.45) is 7.68. The summed E-state index contributed by atoms with van der Waals surface area (Å²) in [4.78, 5) is 15.7. The molecule has 4 aliphatic rings. The fourth-order valence-electron chi connectivity index (χ4n) is 5.54. The van der Waals surface area contributed by atoms with E-state index in [9.17, 15) is 4.79 Å². The SMILES string of the molecule is Cc1nc(C23CC4CC(CC(C4)C2)C3)c(CC(=O)O)o1. The van der Waals surface area contributed by atoms with Crippen molar-refractivity contribution in [1.82, 2.24) is 4.98 Å². The summed E-state index contributed by atoms with van der Waals surface area (Å²) >= 11 is 0. The standard InChI is InChI=1S/C16H21NO3/c1-9-17-15(13(20-9)5-14(18)19)16-6-10-2-11(7-16)4-12(3-10)8-16/h10-12H,2-8H2,1H3,(H,18,19). The molecule has 4 nitrogen and oxygen atoms in total. The van der Waals surface area contributed by atoms with Crippen LogP contribution in [0.3, 0.4) is 0 Å². The molecule has 20 heavy (non-hydrogen) atoms. The van der Waals surface area contributed by atoms with Crippen LogP contribution in [-0.4, -0.2) is 16.1 Å². The molecule has 4 saturated carbocycles. The second-order valence-corrected chi connectivity index (χ2v) is 7.27. The maximum Gasteiger partial charge on any atom is 0.311 e. The minimum atomic E-state index is -0.827. The predicted molar refractivity (Wildman–Crippen MR) is 72.4 cm³/mol. The Labute approximate surface area is 118 Å². The van der Waals surface area contributed by atoms with Gasteiger partial charge in [-0.15, -0.1) is 0 Å². The molecule has 0 amide bonds. The monoisotopic (exact) mass is 275 g/mol. The molecule has 108 valence electrons. The lowest BCUT2D eigenvalue weighted by molar-refractivity contribution is -0.136. The predicted octanol–water partition coefficient (Wildman–Crippen LogP) is 3.08. The average Bonchev–Trinajstić information content (AvgIpc) is 2.68. The molecule has 0 radical (unpaired) electrons. The highest BCUT2D eigenvalue weighted by Crippen LogP contribution is 2.60. The fraction of sp³-hybridized carbons (Fsp3) is 0.750. The van der Waals surface area contributed by atoms with Gasteiger partial charge in [-0.2, -0.15) is 0 Å². The Bertz CT molecular complexity index is 525. The Balaban J connectivity index is 1.75. The third kappa shape index (κ3) is 1.80. The summed E-state index contributed by atoms with van der Waals surface area (Å²) in [5, 5.41) is 9.09. The molecule has 1 N–H and O–H groups in total. The first-order valence-electron chi connectivity index (χ1n) is 7.73. The van der Waals surface area contributed by atoms with E-state index in [0.29, 0.717) is 11.7 Å². The molecule has 4 heteroatoms. The molecule has 4 aliphatic carbocycles. The summed E-state index contributed by atoms with van der Waals surface area (Å²) in [5.41, 5.74) is 1.11. The highest BCUT2D eigenvalue weighted by atomic mass is 16.4. The molecule has 4 fully saturated rings. The number of aromatic nitrogens is 1. The van der Waals surface area contributed by atoms with Gasteiger partial charge in [0.05, 0.1) is 5.69 Å². The van der Waals surface area contributed by atoms with E-state index >= 15 is 0 Å². The van der Waals surface area contributed by atoms with E-state index in [0.717, 1.165) is 23.4 Å². The van der Waals surface area contributed by atoms with Crippen LogP contribution in [0.4, 0.5) is 0 Å². The molecular formula is C16H21NO3. The largest absolute Gasteiger partial charge is 0.481 e. The Morgan fingerprint density at radius 1 is 1.25 bits per heavy atom. The molecular weight excluding hydrogens is 254 g/mol. The number of hydrogen-bond acceptors (Lipinski definition) is 3. The van der Waals surface area contributed by atoms with Crippen molar-refractivity contribution >= 4 is 5.97 Å². The maximum atomic E-state index is 11.1. The molecule has 0 spiro atoms. The second kappa shape index (κ2) is 4.09. The normalized spacial score (nSPS) is 38.4. The topological polar surface area (TPSA) is 63.3 Å². The Kier molecular flexibility index (Phi) is 2.54. The van der Waals surface area contributed by atoms with Crippen molar-refractivity contribution in [3.8, 4) is 0 Å². The van der Waals surface area contributed by atoms with Gasteiger partial charge >= 0.3 is 5.97 Å². The van der Waals surface area contributed by atoms with Crippen LogP contribution in [0.5, 0.6) is 0 Å². The highest BCUT2D eigenvalue weighted by Gasteiger charge is 2.53. The molecule has 1 aromatic heterocycles. The first kappa shape index (κ1) is 12.4. The van der Waals surface area contributed by atoms with Crippen LogP contribution in [0, 0.1) is 24.7 Å². The molecule has 1 aromatic rings. The van der Waals surface area contributed by atoms with Crippen LogP contribution >= 0.6 is 0 Å². The number of aliphatic carboxylic acids is 1. The van der Waals surface area contributed by atoms with Gasteiger partial charge in [0.1, 0.15) is 12.2 Å². The number of rotatable bonds is 3. The van der Waals surface area contributed by atoms with E-state index < -0.39 is 5.97 Å². The Morgan fingerprint density at radius 2 is 1.80 bits per heavy atom. The third-order valence-corrected chi connectivity index (χ3v) is 5.66. The van der Waals surface area contributed by atoms with Crippen LogP contribution in [0.25, 0.3) is 0 Å². The van der Waals surface area contributed by atoms with Gasteiger partial charge in [-0.25, -0.2) is 4.98 Å². The molecule has 0 unspecified atom stereocenters. The van der Waals surface area contributed by atoms with Gasteiger partial charge in [0.2, 0.25) is 0 Å². The van der Waals surface area contributed by atoms with Gasteiger partial charge in [-0.05, 0) is 56.3 Å². The van der Waals surface area contributed by atoms with Gasteiger partial charge in [0, 0.05) is 12.3 Å². The molecule has 0 saturated heterocycles. The second-order valence-electron chi connectivity index (χ2n) is 7.27. The number of oxazole rings is 1. The average molecular weight is 275 g/mol. The molecule has 0 atom stereocenters. The zero-order valence-electron chi connectivity index (χ0n) is 11.9. The lowest BCUT2D eigenvalue weighted by Gasteiger charge is -2.56. The number of carboxylic acids is 1. The Hall–Kier alpha value is -1.32. The van der Waals surface area contributed by atoms with E-state index in [1.807, 2.05) is 6.92 Å². The molecule has 0 aromatic carbocycles. The number of carboxylic acid groups (broad SMARTS) is 1. The summed E-state index contributed by atoms with van der Waals surface area (Å²) in [6, 6.07) is 0. The molecule has 0 aliphatic heterocycles. The van der Waals surface area contributed by atoms with Crippen molar-refractivity contribution in [2.75, 3.05) is 0 Å². The van der Waals surface area contributed by atoms with Gasteiger partial charge in [0.25, 0.3) is 0 Å². The first-order valence-corrected chi connectivity index (χ1v) is 7.73. The molecule has 4 bridgehead atoms. The number of carbonyl (C=O) groups is 1.